The molecule has 1 heterocycles. The number of furan rings is 1. The molecule has 1 aromatic carbocycles. The van der Waals surface area contributed by atoms with Gasteiger partial charge in [0.15, 0.2) is 0 Å². The van der Waals surface area contributed by atoms with E-state index >= 15 is 0 Å². The molecule has 0 saturated heterocycles. The molecule has 0 unspecified atom stereocenters. The van der Waals surface area contributed by atoms with Crippen molar-refractivity contribution >= 4 is 5.91 Å². The summed E-state index contributed by atoms with van der Waals surface area (Å²) in [7, 11) is 3.78. The summed E-state index contributed by atoms with van der Waals surface area (Å²) in [4.78, 5) is 13.9. The van der Waals surface area contributed by atoms with Gasteiger partial charge in [-0.3, -0.25) is 9.69 Å². The first-order valence-electron chi connectivity index (χ1n) is 6.32. The molecule has 0 radical (unpaired) electrons. The summed E-state index contributed by atoms with van der Waals surface area (Å²) < 4.78 is 18.9. The first-order valence-corrected chi connectivity index (χ1v) is 6.32. The molecular formula is C15H17FN2O2. The Hall–Kier alpha value is -2.14. The highest BCUT2D eigenvalue weighted by molar-refractivity contribution is 5.94. The van der Waals surface area contributed by atoms with Gasteiger partial charge in [-0.2, -0.15) is 0 Å². The van der Waals surface area contributed by atoms with Crippen LogP contribution in [-0.2, 0) is 0 Å². The van der Waals surface area contributed by atoms with E-state index in [1.165, 1.54) is 12.1 Å². The normalized spacial score (nSPS) is 12.4. The Morgan fingerprint density at radius 3 is 2.65 bits per heavy atom. The third-order valence-corrected chi connectivity index (χ3v) is 3.07. The number of hydrogen-bond donors (Lipinski definition) is 1. The van der Waals surface area contributed by atoms with E-state index in [1.807, 2.05) is 25.1 Å². The maximum Gasteiger partial charge on any atom is 0.254 e. The average Bonchev–Trinajstić information content (AvgIpc) is 2.92. The molecule has 4 nitrogen and oxygen atoms in total. The molecule has 0 aliphatic heterocycles. The number of carbonyl (C=O) groups excluding carboxylic acids is 1. The number of nitrogens with zero attached hydrogens (tertiary/aromatic N) is 1. The maximum atomic E-state index is 13.5. The fourth-order valence-corrected chi connectivity index (χ4v) is 1.95. The molecule has 1 amide bonds. The molecule has 20 heavy (non-hydrogen) atoms. The van der Waals surface area contributed by atoms with Crippen molar-refractivity contribution in [3.05, 3.63) is 59.8 Å². The monoisotopic (exact) mass is 276 g/mol. The van der Waals surface area contributed by atoms with E-state index in [0.717, 1.165) is 5.76 Å². The molecule has 1 atom stereocenters. The smallest absolute Gasteiger partial charge is 0.254 e. The van der Waals surface area contributed by atoms with E-state index in [4.69, 9.17) is 4.42 Å². The molecule has 106 valence electrons. The second kappa shape index (κ2) is 6.34. The third-order valence-electron chi connectivity index (χ3n) is 3.07. The minimum absolute atomic E-state index is 0.0458. The van der Waals surface area contributed by atoms with Crippen molar-refractivity contribution in [1.82, 2.24) is 10.2 Å². The highest BCUT2D eigenvalue weighted by atomic mass is 19.1. The van der Waals surface area contributed by atoms with E-state index in [1.54, 1.807) is 24.5 Å². The van der Waals surface area contributed by atoms with Gasteiger partial charge in [0.05, 0.1) is 17.9 Å². The van der Waals surface area contributed by atoms with Crippen LogP contribution in [-0.4, -0.2) is 31.4 Å². The van der Waals surface area contributed by atoms with Gasteiger partial charge in [-0.25, -0.2) is 4.39 Å². The molecule has 0 aliphatic carbocycles. The van der Waals surface area contributed by atoms with E-state index in [0.29, 0.717) is 6.54 Å². The first kappa shape index (κ1) is 14.3. The number of likely N-dealkylation sites (N-methyl/N-ethyl adjacent to an activating group) is 1. The molecule has 2 rings (SSSR count). The van der Waals surface area contributed by atoms with Crippen LogP contribution in [0.2, 0.25) is 0 Å². The lowest BCUT2D eigenvalue weighted by atomic mass is 10.1. The Kier molecular flexibility index (Phi) is 4.53. The average molecular weight is 276 g/mol. The van der Waals surface area contributed by atoms with Gasteiger partial charge < -0.3 is 9.73 Å². The molecule has 0 fully saturated rings. The standard InChI is InChI=1S/C15H17FN2O2/c1-18(2)13(14-8-5-9-20-14)10-17-15(19)11-6-3-4-7-12(11)16/h3-9,13H,10H2,1-2H3,(H,17,19)/t13-/m1/s1. The summed E-state index contributed by atoms with van der Waals surface area (Å²) in [5.41, 5.74) is 0.0458. The number of nitrogens with one attached hydrogen (secondary N) is 1. The van der Waals surface area contributed by atoms with E-state index in [2.05, 4.69) is 5.32 Å². The highest BCUT2D eigenvalue weighted by Gasteiger charge is 2.19. The molecular weight excluding hydrogens is 259 g/mol. The van der Waals surface area contributed by atoms with Crippen LogP contribution in [0.1, 0.15) is 22.2 Å². The maximum absolute atomic E-state index is 13.5. The highest BCUT2D eigenvalue weighted by Crippen LogP contribution is 2.17. The molecule has 0 aliphatic rings. The summed E-state index contributed by atoms with van der Waals surface area (Å²) in [6.07, 6.45) is 1.59. The Morgan fingerprint density at radius 2 is 2.05 bits per heavy atom. The lowest BCUT2D eigenvalue weighted by molar-refractivity contribution is 0.0935. The van der Waals surface area contributed by atoms with Crippen molar-refractivity contribution in [2.75, 3.05) is 20.6 Å². The summed E-state index contributed by atoms with van der Waals surface area (Å²) in [5, 5.41) is 2.73. The summed E-state index contributed by atoms with van der Waals surface area (Å²) in [5.74, 6) is -0.199. The number of rotatable bonds is 5. The number of benzene rings is 1. The molecule has 1 N–H and O–H groups in total. The molecule has 5 heteroatoms. The van der Waals surface area contributed by atoms with Crippen LogP contribution in [0.25, 0.3) is 0 Å². The Balaban J connectivity index is 2.03. The van der Waals surface area contributed by atoms with Crippen molar-refractivity contribution in [3.8, 4) is 0 Å². The van der Waals surface area contributed by atoms with Gasteiger partial charge >= 0.3 is 0 Å². The lowest BCUT2D eigenvalue weighted by Crippen LogP contribution is -2.34. The first-order chi connectivity index (χ1) is 9.59. The summed E-state index contributed by atoms with van der Waals surface area (Å²) in [6.45, 7) is 0.341. The number of halogens is 1. The fraction of sp³-hybridized carbons (Fsp3) is 0.267. The third kappa shape index (κ3) is 3.24. The van der Waals surface area contributed by atoms with E-state index in [9.17, 15) is 9.18 Å². The zero-order valence-corrected chi connectivity index (χ0v) is 11.5. The Bertz CT molecular complexity index is 567. The van der Waals surface area contributed by atoms with Crippen molar-refractivity contribution in [3.63, 3.8) is 0 Å². The molecule has 2 aromatic rings. The van der Waals surface area contributed by atoms with Crippen LogP contribution in [0.4, 0.5) is 4.39 Å². The van der Waals surface area contributed by atoms with Gasteiger partial charge in [0.25, 0.3) is 5.91 Å². The fourth-order valence-electron chi connectivity index (χ4n) is 1.95. The van der Waals surface area contributed by atoms with Gasteiger partial charge in [0.1, 0.15) is 11.6 Å². The van der Waals surface area contributed by atoms with Gasteiger partial charge in [-0.15, -0.1) is 0 Å². The van der Waals surface area contributed by atoms with Crippen LogP contribution in [0.3, 0.4) is 0 Å². The predicted octanol–water partition coefficient (Wildman–Crippen LogP) is 2.45. The Morgan fingerprint density at radius 1 is 1.30 bits per heavy atom. The minimum atomic E-state index is -0.524. The SMILES string of the molecule is CN(C)[C@H](CNC(=O)c1ccccc1F)c1ccco1. The number of carbonyl (C=O) groups is 1. The lowest BCUT2D eigenvalue weighted by Gasteiger charge is -2.22. The van der Waals surface area contributed by atoms with Crippen LogP contribution in [0, 0.1) is 5.82 Å². The minimum Gasteiger partial charge on any atom is -0.468 e. The van der Waals surface area contributed by atoms with E-state index < -0.39 is 11.7 Å². The zero-order valence-electron chi connectivity index (χ0n) is 11.5. The van der Waals surface area contributed by atoms with Gasteiger partial charge in [-0.05, 0) is 38.4 Å². The molecule has 0 spiro atoms. The van der Waals surface area contributed by atoms with Gasteiger partial charge in [0.2, 0.25) is 0 Å². The summed E-state index contributed by atoms with van der Waals surface area (Å²) >= 11 is 0. The van der Waals surface area contributed by atoms with Crippen molar-refractivity contribution < 1.29 is 13.6 Å². The van der Waals surface area contributed by atoms with Crippen LogP contribution in [0.5, 0.6) is 0 Å². The van der Waals surface area contributed by atoms with Crippen LogP contribution in [0.15, 0.2) is 47.1 Å². The Labute approximate surface area is 117 Å². The van der Waals surface area contributed by atoms with Crippen LogP contribution >= 0.6 is 0 Å². The molecule has 1 aromatic heterocycles. The quantitative estimate of drug-likeness (QED) is 0.912. The largest absolute Gasteiger partial charge is 0.468 e. The predicted molar refractivity (Wildman–Crippen MR) is 73.9 cm³/mol. The van der Waals surface area contributed by atoms with Gasteiger partial charge in [-0.1, -0.05) is 12.1 Å². The zero-order chi connectivity index (χ0) is 14.5. The second-order valence-electron chi connectivity index (χ2n) is 4.68. The van der Waals surface area contributed by atoms with Crippen molar-refractivity contribution in [2.24, 2.45) is 0 Å². The van der Waals surface area contributed by atoms with Crippen LogP contribution < -0.4 is 5.32 Å². The second-order valence-corrected chi connectivity index (χ2v) is 4.68. The molecule has 0 bridgehead atoms. The topological polar surface area (TPSA) is 45.5 Å². The van der Waals surface area contributed by atoms with Crippen molar-refractivity contribution in [2.45, 2.75) is 6.04 Å². The van der Waals surface area contributed by atoms with E-state index in [-0.39, 0.29) is 11.6 Å². The summed E-state index contributed by atoms with van der Waals surface area (Å²) in [6, 6.07) is 9.46. The molecule has 0 saturated carbocycles. The van der Waals surface area contributed by atoms with Gasteiger partial charge in [0, 0.05) is 6.54 Å². The van der Waals surface area contributed by atoms with Crippen molar-refractivity contribution in [1.29, 1.82) is 0 Å². The number of amides is 1. The number of hydrogen-bond acceptors (Lipinski definition) is 3.